The quantitative estimate of drug-likeness (QED) is 0.857. The van der Waals surface area contributed by atoms with Crippen molar-refractivity contribution in [2.75, 3.05) is 11.4 Å². The van der Waals surface area contributed by atoms with Crippen LogP contribution in [0.5, 0.6) is 0 Å². The molecule has 2 N–H and O–H groups in total. The molecule has 2 unspecified atom stereocenters. The van der Waals surface area contributed by atoms with E-state index in [0.29, 0.717) is 35.3 Å². The van der Waals surface area contributed by atoms with Crippen LogP contribution in [0.3, 0.4) is 0 Å². The van der Waals surface area contributed by atoms with Crippen LogP contribution in [0.1, 0.15) is 31.2 Å². The van der Waals surface area contributed by atoms with Crippen molar-refractivity contribution in [3.05, 3.63) is 35.8 Å². The molecule has 1 aromatic heterocycles. The van der Waals surface area contributed by atoms with Crippen molar-refractivity contribution in [3.8, 4) is 0 Å². The minimum absolute atomic E-state index is 0.241. The van der Waals surface area contributed by atoms with E-state index in [1.54, 1.807) is 0 Å². The molecule has 7 heteroatoms. The van der Waals surface area contributed by atoms with Crippen LogP contribution in [0.4, 0.5) is 14.9 Å². The summed E-state index contributed by atoms with van der Waals surface area (Å²) in [6, 6.07) is 3.73. The van der Waals surface area contributed by atoms with Crippen molar-refractivity contribution < 1.29 is 14.0 Å². The highest BCUT2D eigenvalue weighted by Crippen LogP contribution is 2.37. The molecule has 0 radical (unpaired) electrons. The van der Waals surface area contributed by atoms with Gasteiger partial charge in [-0.15, -0.1) is 0 Å². The van der Waals surface area contributed by atoms with Gasteiger partial charge in [0, 0.05) is 49.2 Å². The maximum atomic E-state index is 15.1. The summed E-state index contributed by atoms with van der Waals surface area (Å²) in [5, 5.41) is 6.54. The fourth-order valence-corrected chi connectivity index (χ4v) is 4.56. The van der Waals surface area contributed by atoms with Crippen LogP contribution < -0.4 is 15.5 Å². The molecule has 4 heterocycles. The van der Waals surface area contributed by atoms with Gasteiger partial charge >= 0.3 is 6.03 Å². The summed E-state index contributed by atoms with van der Waals surface area (Å²) in [5.74, 6) is -0.548. The summed E-state index contributed by atoms with van der Waals surface area (Å²) in [6.45, 7) is 0.299. The third-order valence-electron chi connectivity index (χ3n) is 5.89. The van der Waals surface area contributed by atoms with Crippen molar-refractivity contribution in [2.24, 2.45) is 7.05 Å². The first-order valence-corrected chi connectivity index (χ1v) is 9.36. The van der Waals surface area contributed by atoms with Gasteiger partial charge in [0.1, 0.15) is 5.82 Å². The lowest BCUT2D eigenvalue weighted by Gasteiger charge is -2.26. The zero-order valence-corrected chi connectivity index (χ0v) is 15.1. The zero-order chi connectivity index (χ0) is 18.7. The van der Waals surface area contributed by atoms with Gasteiger partial charge in [0.25, 0.3) is 0 Å². The predicted molar refractivity (Wildman–Crippen MR) is 101 cm³/mol. The van der Waals surface area contributed by atoms with Gasteiger partial charge in [0.05, 0.1) is 11.2 Å². The first-order valence-electron chi connectivity index (χ1n) is 9.36. The van der Waals surface area contributed by atoms with Gasteiger partial charge in [0.2, 0.25) is 5.91 Å². The topological polar surface area (TPSA) is 66.4 Å². The maximum Gasteiger partial charge on any atom is 0.328 e. The molecule has 2 aromatic rings. The summed E-state index contributed by atoms with van der Waals surface area (Å²) in [7, 11) is 1.89. The van der Waals surface area contributed by atoms with E-state index in [2.05, 4.69) is 16.7 Å². The number of carbonyl (C=O) groups is 2. The van der Waals surface area contributed by atoms with Crippen LogP contribution in [-0.4, -0.2) is 35.1 Å². The molecule has 2 bridgehead atoms. The second kappa shape index (κ2) is 5.92. The number of nitrogens with one attached hydrogen (secondary N) is 2. The molecule has 3 aliphatic heterocycles. The van der Waals surface area contributed by atoms with Crippen molar-refractivity contribution in [2.45, 2.75) is 37.8 Å². The number of hydrogen-bond donors (Lipinski definition) is 2. The molecule has 3 amide bonds. The Kier molecular flexibility index (Phi) is 3.62. The Balaban J connectivity index is 1.58. The second-order valence-electron chi connectivity index (χ2n) is 7.67. The number of fused-ring (bicyclic) bond motifs is 3. The number of carbonyl (C=O) groups excluding carboxylic acids is 2. The number of aryl methyl sites for hydroxylation is 1. The van der Waals surface area contributed by atoms with Gasteiger partial charge < -0.3 is 9.88 Å². The fraction of sp³-hybridized carbons (Fsp3) is 0.400. The number of aromatic nitrogens is 1. The number of benzene rings is 1. The van der Waals surface area contributed by atoms with E-state index < -0.39 is 6.03 Å². The Morgan fingerprint density at radius 2 is 2.07 bits per heavy atom. The average molecular weight is 368 g/mol. The van der Waals surface area contributed by atoms with Gasteiger partial charge in [-0.2, -0.15) is 0 Å². The Morgan fingerprint density at radius 1 is 1.22 bits per heavy atom. The molecule has 2 saturated heterocycles. The SMILES string of the molecule is Cn1cc(N2CCC(=O)NC2=O)c2cc(F)c(C3=CC4CCC(C3)N4)cc21. The number of rotatable bonds is 2. The molecular weight excluding hydrogens is 347 g/mol. The molecule has 3 aliphatic rings. The normalized spacial score (nSPS) is 25.1. The summed E-state index contributed by atoms with van der Waals surface area (Å²) in [6.07, 6.45) is 7.30. The van der Waals surface area contributed by atoms with Crippen LogP contribution in [0.25, 0.3) is 16.5 Å². The van der Waals surface area contributed by atoms with Crippen molar-refractivity contribution >= 4 is 34.1 Å². The molecule has 140 valence electrons. The van der Waals surface area contributed by atoms with E-state index in [-0.39, 0.29) is 18.1 Å². The molecule has 0 saturated carbocycles. The first-order chi connectivity index (χ1) is 13.0. The summed E-state index contributed by atoms with van der Waals surface area (Å²) in [4.78, 5) is 25.1. The van der Waals surface area contributed by atoms with E-state index in [1.165, 1.54) is 11.0 Å². The van der Waals surface area contributed by atoms with Crippen LogP contribution in [-0.2, 0) is 11.8 Å². The molecule has 5 rings (SSSR count). The van der Waals surface area contributed by atoms with Gasteiger partial charge in [-0.3, -0.25) is 15.0 Å². The molecule has 6 nitrogen and oxygen atoms in total. The Bertz CT molecular complexity index is 1010. The Hall–Kier alpha value is -2.67. The second-order valence-corrected chi connectivity index (χ2v) is 7.67. The minimum Gasteiger partial charge on any atom is -0.348 e. The Labute approximate surface area is 156 Å². The molecule has 0 spiro atoms. The van der Waals surface area contributed by atoms with Crippen molar-refractivity contribution in [1.82, 2.24) is 15.2 Å². The zero-order valence-electron chi connectivity index (χ0n) is 15.1. The van der Waals surface area contributed by atoms with Gasteiger partial charge in [-0.1, -0.05) is 6.08 Å². The third-order valence-corrected chi connectivity index (χ3v) is 5.89. The lowest BCUT2D eigenvalue weighted by molar-refractivity contribution is -0.120. The van der Waals surface area contributed by atoms with Crippen LogP contribution >= 0.6 is 0 Å². The van der Waals surface area contributed by atoms with Gasteiger partial charge in [-0.05, 0) is 37.0 Å². The molecule has 2 atom stereocenters. The maximum absolute atomic E-state index is 15.1. The van der Waals surface area contributed by atoms with E-state index in [9.17, 15) is 9.59 Å². The summed E-state index contributed by atoms with van der Waals surface area (Å²) < 4.78 is 17.0. The van der Waals surface area contributed by atoms with E-state index in [4.69, 9.17) is 0 Å². The number of nitrogens with zero attached hydrogens (tertiary/aromatic N) is 2. The number of hydrogen-bond acceptors (Lipinski definition) is 3. The standard InChI is InChI=1S/C20H21FN4O2/c1-24-10-18(25-5-4-19(26)23-20(25)27)15-8-16(21)14(9-17(15)24)11-6-12-2-3-13(7-11)22-12/h6,8-10,12-13,22H,2-5,7H2,1H3,(H,23,26,27). The van der Waals surface area contributed by atoms with E-state index >= 15 is 4.39 Å². The number of anilines is 1. The lowest BCUT2D eigenvalue weighted by Crippen LogP contribution is -2.49. The van der Waals surface area contributed by atoms with Crippen LogP contribution in [0.2, 0.25) is 0 Å². The van der Waals surface area contributed by atoms with Gasteiger partial charge in [0.15, 0.2) is 0 Å². The predicted octanol–water partition coefficient (Wildman–Crippen LogP) is 2.67. The van der Waals surface area contributed by atoms with E-state index in [1.807, 2.05) is 23.9 Å². The summed E-state index contributed by atoms with van der Waals surface area (Å²) in [5.41, 5.74) is 3.21. The van der Waals surface area contributed by atoms with Crippen LogP contribution in [0, 0.1) is 5.82 Å². The van der Waals surface area contributed by atoms with Crippen molar-refractivity contribution in [1.29, 1.82) is 0 Å². The van der Waals surface area contributed by atoms with Gasteiger partial charge in [-0.25, -0.2) is 9.18 Å². The Morgan fingerprint density at radius 3 is 2.85 bits per heavy atom. The average Bonchev–Trinajstić information content (AvgIpc) is 3.13. The molecule has 2 fully saturated rings. The monoisotopic (exact) mass is 368 g/mol. The van der Waals surface area contributed by atoms with E-state index in [0.717, 1.165) is 30.4 Å². The smallest absolute Gasteiger partial charge is 0.328 e. The number of urea groups is 1. The third kappa shape index (κ3) is 2.65. The number of imide groups is 1. The lowest BCUT2D eigenvalue weighted by atomic mass is 9.95. The highest BCUT2D eigenvalue weighted by Gasteiger charge is 2.30. The number of amides is 3. The molecule has 1 aromatic carbocycles. The molecular formula is C20H21FN4O2. The minimum atomic E-state index is -0.458. The molecule has 0 aliphatic carbocycles. The van der Waals surface area contributed by atoms with Crippen molar-refractivity contribution in [3.63, 3.8) is 0 Å². The molecule has 27 heavy (non-hydrogen) atoms. The van der Waals surface area contributed by atoms with Crippen LogP contribution in [0.15, 0.2) is 24.4 Å². The first kappa shape index (κ1) is 16.5. The largest absolute Gasteiger partial charge is 0.348 e. The fourth-order valence-electron chi connectivity index (χ4n) is 4.56. The highest BCUT2D eigenvalue weighted by molar-refractivity contribution is 6.10. The number of halogens is 1. The highest BCUT2D eigenvalue weighted by atomic mass is 19.1. The summed E-state index contributed by atoms with van der Waals surface area (Å²) >= 11 is 0.